The van der Waals surface area contributed by atoms with Gasteiger partial charge in [0.15, 0.2) is 0 Å². The van der Waals surface area contributed by atoms with E-state index < -0.39 is 0 Å². The summed E-state index contributed by atoms with van der Waals surface area (Å²) in [6.45, 7) is 4.12. The summed E-state index contributed by atoms with van der Waals surface area (Å²) >= 11 is 1.36. The van der Waals surface area contributed by atoms with Gasteiger partial charge in [-0.25, -0.2) is 0 Å². The van der Waals surface area contributed by atoms with Crippen LogP contribution in [0.25, 0.3) is 0 Å². The van der Waals surface area contributed by atoms with Gasteiger partial charge in [0.2, 0.25) is 16.9 Å². The van der Waals surface area contributed by atoms with E-state index in [2.05, 4.69) is 34.7 Å². The first-order valence-corrected chi connectivity index (χ1v) is 8.27. The molecule has 1 aromatic carbocycles. The number of nitrogens with zero attached hydrogens (tertiary/aromatic N) is 2. The number of hydrogen-bond donors (Lipinski definition) is 2. The van der Waals surface area contributed by atoms with E-state index in [1.165, 1.54) is 11.3 Å². The van der Waals surface area contributed by atoms with Crippen molar-refractivity contribution in [2.75, 3.05) is 11.9 Å². The number of benzene rings is 1. The van der Waals surface area contributed by atoms with Gasteiger partial charge in [-0.3, -0.25) is 14.9 Å². The first kappa shape index (κ1) is 17.1. The van der Waals surface area contributed by atoms with Crippen molar-refractivity contribution in [3.63, 3.8) is 0 Å². The minimum Gasteiger partial charge on any atom is -0.347 e. The number of aromatic nitrogens is 2. The number of rotatable bonds is 7. The molecule has 2 N–H and O–H groups in total. The molecule has 0 spiro atoms. The van der Waals surface area contributed by atoms with Crippen LogP contribution in [0.1, 0.15) is 24.4 Å². The van der Waals surface area contributed by atoms with Gasteiger partial charge >= 0.3 is 0 Å². The van der Waals surface area contributed by atoms with Crippen LogP contribution in [0.3, 0.4) is 0 Å². The van der Waals surface area contributed by atoms with Gasteiger partial charge in [0.05, 0.1) is 13.0 Å². The van der Waals surface area contributed by atoms with Gasteiger partial charge in [-0.1, -0.05) is 55.5 Å². The molecular weight excluding hydrogens is 312 g/mol. The van der Waals surface area contributed by atoms with Gasteiger partial charge < -0.3 is 5.32 Å². The quantitative estimate of drug-likeness (QED) is 0.812. The maximum atomic E-state index is 11.8. The van der Waals surface area contributed by atoms with Crippen LogP contribution in [0.2, 0.25) is 0 Å². The summed E-state index contributed by atoms with van der Waals surface area (Å²) in [5.41, 5.74) is 0.910. The van der Waals surface area contributed by atoms with Gasteiger partial charge in [-0.15, -0.1) is 10.2 Å². The molecule has 0 bridgehead atoms. The molecule has 2 aromatic rings. The molecule has 23 heavy (non-hydrogen) atoms. The summed E-state index contributed by atoms with van der Waals surface area (Å²) in [4.78, 5) is 23.6. The van der Waals surface area contributed by atoms with E-state index in [0.717, 1.165) is 17.0 Å². The van der Waals surface area contributed by atoms with Gasteiger partial charge in [-0.05, 0) is 11.5 Å². The first-order chi connectivity index (χ1) is 11.0. The number of carbonyl (C=O) groups excluding carboxylic acids is 2. The Morgan fingerprint density at radius 2 is 1.87 bits per heavy atom. The number of nitrogens with one attached hydrogen (secondary N) is 2. The molecule has 0 saturated carbocycles. The zero-order valence-electron chi connectivity index (χ0n) is 13.2. The van der Waals surface area contributed by atoms with E-state index in [0.29, 0.717) is 11.0 Å². The fourth-order valence-electron chi connectivity index (χ4n) is 1.92. The third-order valence-electron chi connectivity index (χ3n) is 2.95. The van der Waals surface area contributed by atoms with Gasteiger partial charge in [-0.2, -0.15) is 0 Å². The fourth-order valence-corrected chi connectivity index (χ4v) is 2.89. The average molecular weight is 332 g/mol. The second kappa shape index (κ2) is 8.38. The van der Waals surface area contributed by atoms with E-state index in [4.69, 9.17) is 0 Å². The van der Waals surface area contributed by atoms with Crippen LogP contribution in [-0.2, 0) is 22.4 Å². The molecule has 2 amide bonds. The molecule has 0 aliphatic rings. The molecule has 0 radical (unpaired) electrons. The summed E-state index contributed by atoms with van der Waals surface area (Å²) < 4.78 is 0. The summed E-state index contributed by atoms with van der Waals surface area (Å²) in [6, 6.07) is 9.39. The molecule has 122 valence electrons. The molecule has 6 nitrogen and oxygen atoms in total. The van der Waals surface area contributed by atoms with Crippen LogP contribution in [0.4, 0.5) is 5.13 Å². The van der Waals surface area contributed by atoms with Crippen LogP contribution in [0.5, 0.6) is 0 Å². The Morgan fingerprint density at radius 1 is 1.13 bits per heavy atom. The zero-order valence-corrected chi connectivity index (χ0v) is 14.0. The number of hydrogen-bond acceptors (Lipinski definition) is 5. The molecule has 0 aliphatic carbocycles. The van der Waals surface area contributed by atoms with Crippen molar-refractivity contribution in [1.82, 2.24) is 15.5 Å². The summed E-state index contributed by atoms with van der Waals surface area (Å²) in [6.07, 6.45) is 1.09. The topological polar surface area (TPSA) is 84.0 Å². The van der Waals surface area contributed by atoms with Crippen LogP contribution in [0.15, 0.2) is 30.3 Å². The van der Waals surface area contributed by atoms with Crippen molar-refractivity contribution in [1.29, 1.82) is 0 Å². The lowest BCUT2D eigenvalue weighted by atomic mass is 10.1. The van der Waals surface area contributed by atoms with Crippen molar-refractivity contribution in [2.24, 2.45) is 5.92 Å². The summed E-state index contributed by atoms with van der Waals surface area (Å²) in [7, 11) is 0. The Labute approximate surface area is 139 Å². The van der Waals surface area contributed by atoms with E-state index in [1.807, 2.05) is 30.3 Å². The lowest BCUT2D eigenvalue weighted by Crippen LogP contribution is -2.33. The second-order valence-electron chi connectivity index (χ2n) is 5.59. The van der Waals surface area contributed by atoms with Gasteiger partial charge in [0, 0.05) is 6.42 Å². The third kappa shape index (κ3) is 6.15. The maximum absolute atomic E-state index is 11.8. The van der Waals surface area contributed by atoms with E-state index in [-0.39, 0.29) is 24.8 Å². The Hall–Kier alpha value is -2.28. The van der Waals surface area contributed by atoms with Crippen molar-refractivity contribution >= 4 is 28.3 Å². The Morgan fingerprint density at radius 3 is 2.57 bits per heavy atom. The standard InChI is InChI=1S/C16H20N4O2S/c1-11(2)8-15-19-20-16(23-15)18-14(22)10-17-13(21)9-12-6-4-3-5-7-12/h3-7,11H,8-10H2,1-2H3,(H,17,21)(H,18,20,22). The monoisotopic (exact) mass is 332 g/mol. The van der Waals surface area contributed by atoms with Crippen molar-refractivity contribution in [3.05, 3.63) is 40.9 Å². The largest absolute Gasteiger partial charge is 0.347 e. The van der Waals surface area contributed by atoms with Crippen LogP contribution in [0, 0.1) is 5.92 Å². The van der Waals surface area contributed by atoms with Gasteiger partial charge in [0.1, 0.15) is 5.01 Å². The van der Waals surface area contributed by atoms with Crippen LogP contribution in [-0.4, -0.2) is 28.6 Å². The van der Waals surface area contributed by atoms with Crippen LogP contribution < -0.4 is 10.6 Å². The highest BCUT2D eigenvalue weighted by molar-refractivity contribution is 7.15. The fraction of sp³-hybridized carbons (Fsp3) is 0.375. The lowest BCUT2D eigenvalue weighted by molar-refractivity contribution is -0.123. The molecule has 7 heteroatoms. The molecular formula is C16H20N4O2S. The van der Waals surface area contributed by atoms with Crippen molar-refractivity contribution in [2.45, 2.75) is 26.7 Å². The SMILES string of the molecule is CC(C)Cc1nnc(NC(=O)CNC(=O)Cc2ccccc2)s1. The minimum absolute atomic E-state index is 0.0786. The van der Waals surface area contributed by atoms with E-state index in [9.17, 15) is 9.59 Å². The highest BCUT2D eigenvalue weighted by Gasteiger charge is 2.10. The maximum Gasteiger partial charge on any atom is 0.245 e. The van der Waals surface area contributed by atoms with Crippen LogP contribution >= 0.6 is 11.3 Å². The normalized spacial score (nSPS) is 10.6. The Bertz CT molecular complexity index is 655. The molecule has 2 rings (SSSR count). The van der Waals surface area contributed by atoms with Crippen molar-refractivity contribution in [3.8, 4) is 0 Å². The summed E-state index contributed by atoms with van der Waals surface area (Å²) in [5, 5.41) is 14.5. The lowest BCUT2D eigenvalue weighted by Gasteiger charge is -2.05. The Balaban J connectivity index is 1.74. The first-order valence-electron chi connectivity index (χ1n) is 7.46. The molecule has 0 fully saturated rings. The highest BCUT2D eigenvalue weighted by atomic mass is 32.1. The number of amides is 2. The molecule has 0 atom stereocenters. The Kier molecular flexibility index (Phi) is 6.22. The van der Waals surface area contributed by atoms with Crippen molar-refractivity contribution < 1.29 is 9.59 Å². The highest BCUT2D eigenvalue weighted by Crippen LogP contribution is 2.17. The molecule has 1 aromatic heterocycles. The predicted molar refractivity (Wildman–Crippen MR) is 90.2 cm³/mol. The molecule has 1 heterocycles. The zero-order chi connectivity index (χ0) is 16.7. The molecule has 0 saturated heterocycles. The molecule has 0 aliphatic heterocycles. The van der Waals surface area contributed by atoms with E-state index >= 15 is 0 Å². The average Bonchev–Trinajstić information content (AvgIpc) is 2.92. The number of carbonyl (C=O) groups is 2. The number of anilines is 1. The smallest absolute Gasteiger partial charge is 0.245 e. The third-order valence-corrected chi connectivity index (χ3v) is 3.81. The minimum atomic E-state index is -0.307. The molecule has 0 unspecified atom stereocenters. The second-order valence-corrected chi connectivity index (χ2v) is 6.65. The van der Waals surface area contributed by atoms with E-state index in [1.54, 1.807) is 0 Å². The predicted octanol–water partition coefficient (Wildman–Crippen LogP) is 2.03. The summed E-state index contributed by atoms with van der Waals surface area (Å²) in [5.74, 6) is -0.00783. The van der Waals surface area contributed by atoms with Gasteiger partial charge in [0.25, 0.3) is 0 Å².